The highest BCUT2D eigenvalue weighted by Crippen LogP contribution is 2.35. The number of amides is 1. The lowest BCUT2D eigenvalue weighted by atomic mass is 9.99. The Bertz CT molecular complexity index is 1460. The Morgan fingerprint density at radius 1 is 1.24 bits per heavy atom. The third-order valence-corrected chi connectivity index (χ3v) is 6.04. The molecule has 1 aliphatic rings. The van der Waals surface area contributed by atoms with Gasteiger partial charge in [0.1, 0.15) is 22.8 Å². The molecule has 1 aliphatic heterocycles. The standard InChI is InChI=1S/C25H22FN5O3/c1-2-21(32)30-11-10-15(13-30)20-14-31(23-22(20)25(33)29-28-24(23)27)17-6-8-18(9-7-17)34-19-5-3-4-16(26)12-19/h2-9,12,14-15H,1,10-11,13H2,(H2,27,28)(H,29,33). The average molecular weight is 459 g/mol. The summed E-state index contributed by atoms with van der Waals surface area (Å²) in [5.74, 6) is 0.582. The van der Waals surface area contributed by atoms with Crippen LogP contribution in [0.3, 0.4) is 0 Å². The van der Waals surface area contributed by atoms with Crippen molar-refractivity contribution in [2.24, 2.45) is 0 Å². The second kappa shape index (κ2) is 8.51. The van der Waals surface area contributed by atoms with E-state index in [-0.39, 0.29) is 29.0 Å². The predicted molar refractivity (Wildman–Crippen MR) is 127 cm³/mol. The van der Waals surface area contributed by atoms with E-state index in [1.54, 1.807) is 29.2 Å². The number of nitrogens with zero attached hydrogens (tertiary/aromatic N) is 3. The molecule has 0 radical (unpaired) electrons. The maximum absolute atomic E-state index is 13.4. The van der Waals surface area contributed by atoms with Crippen molar-refractivity contribution in [3.05, 3.63) is 89.1 Å². The smallest absolute Gasteiger partial charge is 0.274 e. The van der Waals surface area contributed by atoms with E-state index in [0.29, 0.717) is 35.5 Å². The SMILES string of the molecule is C=CC(=O)N1CCC(c2cn(-c3ccc(Oc4cccc(F)c4)cc3)c3c(N)n[nH]c(=O)c23)C1. The molecule has 9 heteroatoms. The van der Waals surface area contributed by atoms with Gasteiger partial charge in [0, 0.05) is 37.0 Å². The number of likely N-dealkylation sites (tertiary alicyclic amines) is 1. The fraction of sp³-hybridized carbons (Fsp3) is 0.160. The zero-order valence-electron chi connectivity index (χ0n) is 18.2. The summed E-state index contributed by atoms with van der Waals surface area (Å²) in [6.45, 7) is 4.64. The third-order valence-electron chi connectivity index (χ3n) is 6.04. The van der Waals surface area contributed by atoms with E-state index in [0.717, 1.165) is 17.7 Å². The first-order valence-electron chi connectivity index (χ1n) is 10.8. The molecule has 5 rings (SSSR count). The quantitative estimate of drug-likeness (QED) is 0.443. The largest absolute Gasteiger partial charge is 0.457 e. The van der Waals surface area contributed by atoms with E-state index < -0.39 is 0 Å². The van der Waals surface area contributed by atoms with Crippen molar-refractivity contribution in [3.8, 4) is 17.2 Å². The first kappa shape index (κ1) is 21.4. The van der Waals surface area contributed by atoms with Crippen LogP contribution in [0.1, 0.15) is 17.9 Å². The molecule has 0 aliphatic carbocycles. The number of nitrogens with one attached hydrogen (secondary N) is 1. The van der Waals surface area contributed by atoms with Crippen LogP contribution in [0.5, 0.6) is 11.5 Å². The molecule has 2 aromatic carbocycles. The molecule has 0 spiro atoms. The van der Waals surface area contributed by atoms with E-state index in [9.17, 15) is 14.0 Å². The number of halogens is 1. The molecule has 3 heterocycles. The van der Waals surface area contributed by atoms with Crippen LogP contribution in [-0.2, 0) is 4.79 Å². The number of carbonyl (C=O) groups excluding carboxylic acids is 1. The number of rotatable bonds is 5. The molecule has 1 saturated heterocycles. The number of aromatic nitrogens is 3. The van der Waals surface area contributed by atoms with Crippen molar-refractivity contribution in [3.63, 3.8) is 0 Å². The number of hydrogen-bond acceptors (Lipinski definition) is 5. The van der Waals surface area contributed by atoms with Gasteiger partial charge in [-0.3, -0.25) is 9.59 Å². The summed E-state index contributed by atoms with van der Waals surface area (Å²) >= 11 is 0. The van der Waals surface area contributed by atoms with Crippen molar-refractivity contribution >= 4 is 22.6 Å². The minimum atomic E-state index is -0.381. The van der Waals surface area contributed by atoms with Crippen molar-refractivity contribution in [1.29, 1.82) is 0 Å². The van der Waals surface area contributed by atoms with Gasteiger partial charge in [0.15, 0.2) is 5.82 Å². The van der Waals surface area contributed by atoms with Crippen molar-refractivity contribution in [1.82, 2.24) is 19.7 Å². The van der Waals surface area contributed by atoms with Gasteiger partial charge >= 0.3 is 0 Å². The highest BCUT2D eigenvalue weighted by Gasteiger charge is 2.30. The number of hydrogen-bond donors (Lipinski definition) is 2. The third kappa shape index (κ3) is 3.81. The maximum atomic E-state index is 13.4. The summed E-state index contributed by atoms with van der Waals surface area (Å²) in [6, 6.07) is 13.0. The van der Waals surface area contributed by atoms with Crippen LogP contribution in [0, 0.1) is 5.82 Å². The number of nitrogen functional groups attached to an aromatic ring is 1. The van der Waals surface area contributed by atoms with Crippen LogP contribution in [0.25, 0.3) is 16.6 Å². The number of carbonyl (C=O) groups is 1. The summed E-state index contributed by atoms with van der Waals surface area (Å²) in [6.07, 6.45) is 3.90. The Balaban J connectivity index is 1.53. The topological polar surface area (TPSA) is 106 Å². The second-order valence-corrected chi connectivity index (χ2v) is 8.14. The van der Waals surface area contributed by atoms with Crippen LogP contribution < -0.4 is 16.0 Å². The number of aromatic amines is 1. The van der Waals surface area contributed by atoms with Gasteiger partial charge in [0.25, 0.3) is 5.56 Å². The molecule has 4 aromatic rings. The Labute approximate surface area is 194 Å². The molecule has 34 heavy (non-hydrogen) atoms. The summed E-state index contributed by atoms with van der Waals surface area (Å²) in [7, 11) is 0. The average Bonchev–Trinajstić information content (AvgIpc) is 3.48. The van der Waals surface area contributed by atoms with Crippen LogP contribution in [0.2, 0.25) is 0 Å². The summed E-state index contributed by atoms with van der Waals surface area (Å²) in [5.41, 5.74) is 7.91. The van der Waals surface area contributed by atoms with Crippen molar-refractivity contribution in [2.45, 2.75) is 12.3 Å². The monoisotopic (exact) mass is 459 g/mol. The summed E-state index contributed by atoms with van der Waals surface area (Å²) < 4.78 is 21.0. The molecule has 8 nitrogen and oxygen atoms in total. The van der Waals surface area contributed by atoms with E-state index in [4.69, 9.17) is 10.5 Å². The number of anilines is 1. The molecule has 3 N–H and O–H groups in total. The van der Waals surface area contributed by atoms with Gasteiger partial charge in [-0.05, 0) is 54.5 Å². The predicted octanol–water partition coefficient (Wildman–Crippen LogP) is 3.73. The number of H-pyrrole nitrogens is 1. The van der Waals surface area contributed by atoms with Crippen LogP contribution >= 0.6 is 0 Å². The van der Waals surface area contributed by atoms with E-state index in [1.165, 1.54) is 18.2 Å². The zero-order chi connectivity index (χ0) is 23.8. The summed E-state index contributed by atoms with van der Waals surface area (Å²) in [5, 5.41) is 6.88. The Morgan fingerprint density at radius 3 is 2.76 bits per heavy atom. The Hall–Kier alpha value is -4.40. The molecule has 1 atom stereocenters. The van der Waals surface area contributed by atoms with Crippen LogP contribution in [-0.4, -0.2) is 38.7 Å². The first-order chi connectivity index (χ1) is 16.4. The van der Waals surface area contributed by atoms with Gasteiger partial charge in [0.2, 0.25) is 5.91 Å². The zero-order valence-corrected chi connectivity index (χ0v) is 18.2. The Morgan fingerprint density at radius 2 is 2.03 bits per heavy atom. The van der Waals surface area contributed by atoms with Crippen LogP contribution in [0.4, 0.5) is 10.2 Å². The van der Waals surface area contributed by atoms with Crippen molar-refractivity contribution < 1.29 is 13.9 Å². The molecule has 0 bridgehead atoms. The van der Waals surface area contributed by atoms with Gasteiger partial charge in [-0.25, -0.2) is 9.49 Å². The van der Waals surface area contributed by atoms with Gasteiger partial charge in [-0.15, -0.1) is 0 Å². The van der Waals surface area contributed by atoms with Crippen LogP contribution in [0.15, 0.2) is 72.2 Å². The number of nitrogens with two attached hydrogens (primary N) is 1. The number of ether oxygens (including phenoxy) is 1. The number of benzene rings is 2. The lowest BCUT2D eigenvalue weighted by molar-refractivity contribution is -0.125. The molecule has 0 saturated carbocycles. The van der Waals surface area contributed by atoms with E-state index >= 15 is 0 Å². The van der Waals surface area contributed by atoms with E-state index in [1.807, 2.05) is 22.9 Å². The molecule has 1 fully saturated rings. The fourth-order valence-electron chi connectivity index (χ4n) is 4.43. The van der Waals surface area contributed by atoms with E-state index in [2.05, 4.69) is 16.8 Å². The summed E-state index contributed by atoms with van der Waals surface area (Å²) in [4.78, 5) is 26.6. The molecule has 1 amide bonds. The minimum absolute atomic E-state index is 0.0221. The highest BCUT2D eigenvalue weighted by atomic mass is 19.1. The molecule has 172 valence electrons. The van der Waals surface area contributed by atoms with Crippen molar-refractivity contribution in [2.75, 3.05) is 18.8 Å². The minimum Gasteiger partial charge on any atom is -0.457 e. The van der Waals surface area contributed by atoms with Gasteiger partial charge < -0.3 is 19.9 Å². The lowest BCUT2D eigenvalue weighted by Gasteiger charge is -2.13. The first-order valence-corrected chi connectivity index (χ1v) is 10.8. The van der Waals surface area contributed by atoms with Gasteiger partial charge in [-0.1, -0.05) is 12.6 Å². The van der Waals surface area contributed by atoms with Gasteiger partial charge in [-0.2, -0.15) is 5.10 Å². The fourth-order valence-corrected chi connectivity index (χ4v) is 4.43. The normalized spacial score (nSPS) is 15.6. The second-order valence-electron chi connectivity index (χ2n) is 8.14. The molecule has 1 unspecified atom stereocenters. The maximum Gasteiger partial charge on any atom is 0.274 e. The van der Waals surface area contributed by atoms with Gasteiger partial charge in [0.05, 0.1) is 5.39 Å². The Kier molecular flexibility index (Phi) is 5.37. The molecule has 2 aromatic heterocycles. The molecular weight excluding hydrogens is 437 g/mol. The lowest BCUT2D eigenvalue weighted by Crippen LogP contribution is -2.26. The molecular formula is C25H22FN5O3. The highest BCUT2D eigenvalue weighted by molar-refractivity contribution is 5.92. The number of fused-ring (bicyclic) bond motifs is 1.